The van der Waals surface area contributed by atoms with Crippen molar-refractivity contribution in [2.45, 2.75) is 109 Å². The largest absolute Gasteiger partial charge is 0.481 e. The zero-order chi connectivity index (χ0) is 55.3. The molecule has 1 saturated carbocycles. The lowest BCUT2D eigenvalue weighted by molar-refractivity contribution is -0.139. The van der Waals surface area contributed by atoms with Crippen LogP contribution in [0.3, 0.4) is 0 Å². The Bertz CT molecular complexity index is 2670. The van der Waals surface area contributed by atoms with Crippen LogP contribution in [-0.4, -0.2) is 166 Å². The van der Waals surface area contributed by atoms with Crippen LogP contribution in [0.15, 0.2) is 53.2 Å². The molecule has 0 bridgehead atoms. The summed E-state index contributed by atoms with van der Waals surface area (Å²) in [4.78, 5) is 142. The molecule has 4 aliphatic rings. The minimum atomic E-state index is -1.35. The maximum atomic E-state index is 14.0. The van der Waals surface area contributed by atoms with Gasteiger partial charge in [0.05, 0.1) is 55.9 Å². The average molecular weight is 1050 g/mol. The number of fused-ring (bicyclic) bond motifs is 2. The summed E-state index contributed by atoms with van der Waals surface area (Å²) >= 11 is 0. The second-order valence-electron chi connectivity index (χ2n) is 19.4. The van der Waals surface area contributed by atoms with E-state index < -0.39 is 89.7 Å². The summed E-state index contributed by atoms with van der Waals surface area (Å²) in [6, 6.07) is 3.54. The molecule has 1 aromatic carbocycles. The highest BCUT2D eigenvalue weighted by Crippen LogP contribution is 2.50. The van der Waals surface area contributed by atoms with E-state index in [9.17, 15) is 58.2 Å². The number of pyridine rings is 1. The fraction of sp³-hybridized carbons (Fsp3) is 0.500. The number of hydrogen-bond donors (Lipinski definition) is 8. The van der Waals surface area contributed by atoms with Crippen molar-refractivity contribution in [3.63, 3.8) is 0 Å². The van der Waals surface area contributed by atoms with Gasteiger partial charge in [-0.05, 0) is 67.9 Å². The lowest BCUT2D eigenvalue weighted by Crippen LogP contribution is -2.58. The van der Waals surface area contributed by atoms with Crippen LogP contribution in [0.4, 0.5) is 11.4 Å². The number of amidine groups is 1. The number of ether oxygens (including phenoxy) is 1. The molecule has 0 spiro atoms. The first-order valence-corrected chi connectivity index (χ1v) is 25.4. The second-order valence-corrected chi connectivity index (χ2v) is 19.4. The quantitative estimate of drug-likeness (QED) is 0.0457. The number of aliphatic hydroxyl groups is 1. The minimum absolute atomic E-state index is 0.0264. The van der Waals surface area contributed by atoms with Crippen molar-refractivity contribution in [2.24, 2.45) is 16.6 Å². The highest BCUT2D eigenvalue weighted by Gasteiger charge is 2.51. The van der Waals surface area contributed by atoms with E-state index in [0.717, 1.165) is 34.7 Å². The van der Waals surface area contributed by atoms with Gasteiger partial charge >= 0.3 is 5.97 Å². The number of nitrogens with two attached hydrogens (primary N) is 1. The molecule has 3 aliphatic heterocycles. The van der Waals surface area contributed by atoms with E-state index in [-0.39, 0.29) is 76.4 Å². The van der Waals surface area contributed by atoms with Gasteiger partial charge < -0.3 is 57.1 Å². The number of amides is 9. The first-order chi connectivity index (χ1) is 36.2. The van der Waals surface area contributed by atoms with E-state index in [4.69, 9.17) is 10.5 Å². The minimum Gasteiger partial charge on any atom is -0.481 e. The number of carbonyl (C=O) groups excluding carboxylic acids is 9. The van der Waals surface area contributed by atoms with E-state index in [2.05, 4.69) is 36.6 Å². The zero-order valence-corrected chi connectivity index (χ0v) is 43.1. The van der Waals surface area contributed by atoms with E-state index in [1.807, 2.05) is 25.1 Å². The van der Waals surface area contributed by atoms with Crippen LogP contribution < -0.4 is 32.3 Å². The van der Waals surface area contributed by atoms with Gasteiger partial charge in [0.25, 0.3) is 11.8 Å². The molecule has 0 saturated heterocycles. The number of rotatable bonds is 26. The number of benzene rings is 1. The van der Waals surface area contributed by atoms with E-state index in [0.29, 0.717) is 60.4 Å². The Kier molecular flexibility index (Phi) is 19.7. The van der Waals surface area contributed by atoms with Crippen LogP contribution in [0.25, 0.3) is 6.08 Å². The molecule has 0 radical (unpaired) electrons. The number of nitrogens with zero attached hydrogens (tertiary/aromatic N) is 5. The number of aromatic nitrogens is 1. The molecule has 24 nitrogen and oxygen atoms in total. The molecular weight excluding hydrogens is 987 g/mol. The molecule has 24 heteroatoms. The maximum absolute atomic E-state index is 14.0. The lowest BCUT2D eigenvalue weighted by atomic mass is 9.92. The van der Waals surface area contributed by atoms with Crippen LogP contribution in [0.5, 0.6) is 0 Å². The molecular formula is C52H67N11O13. The number of aliphatic hydroxyl groups excluding tert-OH is 1. The summed E-state index contributed by atoms with van der Waals surface area (Å²) in [6.45, 7) is 7.00. The number of nitrogens with one attached hydrogen (secondary N) is 5. The topological polar surface area (TPSA) is 342 Å². The van der Waals surface area contributed by atoms with Crippen molar-refractivity contribution in [3.8, 4) is 0 Å². The number of aliphatic carboxylic acids is 1. The van der Waals surface area contributed by atoms with Crippen LogP contribution >= 0.6 is 0 Å². The highest BCUT2D eigenvalue weighted by molar-refractivity contribution is 6.13. The van der Waals surface area contributed by atoms with Gasteiger partial charge in [-0.3, -0.25) is 57.8 Å². The Morgan fingerprint density at radius 3 is 2.33 bits per heavy atom. The third-order valence-electron chi connectivity index (χ3n) is 13.4. The predicted octanol–water partition coefficient (Wildman–Crippen LogP) is 0.0863. The van der Waals surface area contributed by atoms with Gasteiger partial charge in [-0.25, -0.2) is 4.99 Å². The van der Waals surface area contributed by atoms with Crippen molar-refractivity contribution in [3.05, 3.63) is 70.6 Å². The molecule has 6 rings (SSSR count). The third kappa shape index (κ3) is 14.9. The van der Waals surface area contributed by atoms with Gasteiger partial charge in [0.1, 0.15) is 24.0 Å². The Balaban J connectivity index is 0.981. The van der Waals surface area contributed by atoms with Crippen molar-refractivity contribution in [2.75, 3.05) is 57.9 Å². The number of hydrogen-bond acceptors (Lipinski definition) is 15. The van der Waals surface area contributed by atoms with Gasteiger partial charge in [-0.2, -0.15) is 0 Å². The van der Waals surface area contributed by atoms with Gasteiger partial charge in [0, 0.05) is 80.8 Å². The SMILES string of the molecule is CCCN(CCO)C(=O)C1=Cc2ccc(C3(C(=O)Nc4cnc5c(c4)CN(C(=O)CNC(=O)[C@H](C)NC(=O)[C@@H](NC(=O)[C@H](CCC(=O)O)NC(=O)CCOCCN4C(=O)C=CC4=O)C(C)C)CC5)CC3)cc2N=C(N)C1. The first-order valence-electron chi connectivity index (χ1n) is 25.4. The molecule has 76 heavy (non-hydrogen) atoms. The molecule has 9 N–H and O–H groups in total. The van der Waals surface area contributed by atoms with Crippen molar-refractivity contribution >= 4 is 82.4 Å². The summed E-state index contributed by atoms with van der Waals surface area (Å²) in [7, 11) is 0. The van der Waals surface area contributed by atoms with Gasteiger partial charge in [0.2, 0.25) is 41.4 Å². The van der Waals surface area contributed by atoms with Crippen LogP contribution in [0.1, 0.15) is 95.0 Å². The fourth-order valence-electron chi connectivity index (χ4n) is 8.93. The van der Waals surface area contributed by atoms with Gasteiger partial charge in [-0.1, -0.05) is 32.9 Å². The third-order valence-corrected chi connectivity index (χ3v) is 13.4. The Labute approximate surface area is 439 Å². The lowest BCUT2D eigenvalue weighted by Gasteiger charge is -2.29. The number of anilines is 1. The Morgan fingerprint density at radius 2 is 1.66 bits per heavy atom. The van der Waals surface area contributed by atoms with E-state index in [1.165, 1.54) is 6.92 Å². The number of aliphatic imine (C=N–C) groups is 1. The molecule has 2 aromatic rings. The molecule has 1 aromatic heterocycles. The molecule has 1 aliphatic carbocycles. The summed E-state index contributed by atoms with van der Waals surface area (Å²) in [5.41, 5.74) is 9.77. The Hall–Kier alpha value is -7.86. The van der Waals surface area contributed by atoms with Gasteiger partial charge in [-0.15, -0.1) is 0 Å². The number of carboxylic acids is 1. The molecule has 408 valence electrons. The highest BCUT2D eigenvalue weighted by atomic mass is 16.5. The maximum Gasteiger partial charge on any atom is 0.303 e. The van der Waals surface area contributed by atoms with Gasteiger partial charge in [0.15, 0.2) is 0 Å². The second kappa shape index (κ2) is 26.1. The number of carboxylic acid groups (broad SMARTS) is 1. The van der Waals surface area contributed by atoms with Crippen molar-refractivity contribution in [1.82, 2.24) is 41.0 Å². The van der Waals surface area contributed by atoms with Crippen molar-refractivity contribution in [1.29, 1.82) is 0 Å². The normalized spacial score (nSPS) is 16.4. The monoisotopic (exact) mass is 1050 g/mol. The molecule has 4 heterocycles. The van der Waals surface area contributed by atoms with Crippen LogP contribution in [0.2, 0.25) is 0 Å². The summed E-state index contributed by atoms with van der Waals surface area (Å²) in [5.74, 6) is -6.28. The molecule has 3 atom stereocenters. The van der Waals surface area contributed by atoms with Crippen molar-refractivity contribution < 1.29 is 62.9 Å². The molecule has 9 amide bonds. The summed E-state index contributed by atoms with van der Waals surface area (Å²) < 4.78 is 5.36. The van der Waals surface area contributed by atoms with Crippen LogP contribution in [0, 0.1) is 5.92 Å². The standard InChI is InChI=1S/C52H67N11O13/c1-5-16-61(18-20-64)50(74)33-23-32-6-7-35(26-39(32)58-40(53)25-33)52(14-15-52)51(75)57-36-24-34-29-62(17-12-37(34)54-27-36)44(68)28-55-47(71)31(4)56-49(73)46(30(2)3)60-48(72)38(8-11-45(69)70)59-41(65)13-21-76-22-19-63-42(66)9-10-43(63)67/h6-7,9-10,23-24,26-27,30-31,38,46,64H,5,8,11-22,25,28-29H2,1-4H3,(H2,53,58)(H,55,71)(H,56,73)(H,57,75)(H,59,65)(H,60,72)(H,69,70)/t31-,38-,46-/m0/s1. The Morgan fingerprint density at radius 1 is 0.921 bits per heavy atom. The average Bonchev–Trinajstić information content (AvgIpc) is 4.16. The predicted molar refractivity (Wildman–Crippen MR) is 275 cm³/mol. The first kappa shape index (κ1) is 57.4. The smallest absolute Gasteiger partial charge is 0.303 e. The molecule has 0 unspecified atom stereocenters. The summed E-state index contributed by atoms with van der Waals surface area (Å²) in [6.07, 6.45) is 7.01. The van der Waals surface area contributed by atoms with Crippen LogP contribution in [-0.2, 0) is 71.1 Å². The van der Waals surface area contributed by atoms with E-state index >= 15 is 0 Å². The van der Waals surface area contributed by atoms with E-state index in [1.54, 1.807) is 42.0 Å². The zero-order valence-electron chi connectivity index (χ0n) is 43.1. The number of imide groups is 1. The molecule has 1 fully saturated rings. The summed E-state index contributed by atoms with van der Waals surface area (Å²) in [5, 5.41) is 31.9. The number of carbonyl (C=O) groups is 10. The fourth-order valence-corrected chi connectivity index (χ4v) is 8.93.